The molecular formula is C21H22FN5O3S. The lowest BCUT2D eigenvalue weighted by Crippen LogP contribution is -2.37. The van der Waals surface area contributed by atoms with Crippen LogP contribution in [0.5, 0.6) is 0 Å². The topological polar surface area (TPSA) is 107 Å². The summed E-state index contributed by atoms with van der Waals surface area (Å²) in [6.45, 7) is 4.54. The fraction of sp³-hybridized carbons (Fsp3) is 0.333. The number of aromatic nitrogens is 2. The third kappa shape index (κ3) is 4.58. The summed E-state index contributed by atoms with van der Waals surface area (Å²) in [5.41, 5.74) is 1.80. The van der Waals surface area contributed by atoms with Crippen molar-refractivity contribution in [1.29, 1.82) is 0 Å². The summed E-state index contributed by atoms with van der Waals surface area (Å²) < 4.78 is 14.4. The summed E-state index contributed by atoms with van der Waals surface area (Å²) in [4.78, 5) is 34.0. The molecule has 0 radical (unpaired) electrons. The Labute approximate surface area is 182 Å². The molecule has 3 aromatic heterocycles. The number of carbonyl (C=O) groups excluding carboxylic acids is 1. The predicted octanol–water partition coefficient (Wildman–Crippen LogP) is 3.79. The number of hydrogen-bond acceptors (Lipinski definition) is 6. The minimum absolute atomic E-state index is 0.175. The van der Waals surface area contributed by atoms with E-state index in [1.54, 1.807) is 11.1 Å². The van der Waals surface area contributed by atoms with Crippen LogP contribution in [-0.4, -0.2) is 51.1 Å². The van der Waals surface area contributed by atoms with Crippen LogP contribution in [0.25, 0.3) is 10.1 Å². The number of fused-ring (bicyclic) bond motifs is 1. The van der Waals surface area contributed by atoms with E-state index in [-0.39, 0.29) is 18.0 Å². The van der Waals surface area contributed by atoms with Crippen molar-refractivity contribution in [2.24, 2.45) is 0 Å². The highest BCUT2D eigenvalue weighted by molar-refractivity contribution is 7.22. The molecule has 0 unspecified atom stereocenters. The highest BCUT2D eigenvalue weighted by atomic mass is 32.1. The van der Waals surface area contributed by atoms with Crippen LogP contribution in [0.2, 0.25) is 0 Å². The Hall–Kier alpha value is -3.27. The zero-order valence-electron chi connectivity index (χ0n) is 17.1. The average molecular weight is 444 g/mol. The quantitative estimate of drug-likeness (QED) is 0.554. The number of likely N-dealkylation sites (tertiary alicyclic amines) is 1. The van der Waals surface area contributed by atoms with Crippen molar-refractivity contribution in [3.8, 4) is 0 Å². The molecule has 0 spiro atoms. The van der Waals surface area contributed by atoms with E-state index in [0.29, 0.717) is 25.2 Å². The molecule has 1 fully saturated rings. The Kier molecular flexibility index (Phi) is 5.73. The molecule has 0 saturated carbocycles. The Morgan fingerprint density at radius 2 is 2.13 bits per heavy atom. The van der Waals surface area contributed by atoms with Crippen molar-refractivity contribution in [3.63, 3.8) is 0 Å². The molecule has 4 rings (SSSR count). The van der Waals surface area contributed by atoms with Crippen LogP contribution in [0.1, 0.15) is 41.1 Å². The molecule has 10 heteroatoms. The number of amides is 2. The van der Waals surface area contributed by atoms with Crippen LogP contribution >= 0.6 is 11.3 Å². The molecule has 162 valence electrons. The number of rotatable bonds is 5. The van der Waals surface area contributed by atoms with Crippen LogP contribution in [0.3, 0.4) is 0 Å². The average Bonchev–Trinajstić information content (AvgIpc) is 3.32. The van der Waals surface area contributed by atoms with Gasteiger partial charge < -0.3 is 20.6 Å². The van der Waals surface area contributed by atoms with Crippen LogP contribution < -0.4 is 10.6 Å². The van der Waals surface area contributed by atoms with Crippen LogP contribution in [-0.2, 0) is 0 Å². The Morgan fingerprint density at radius 3 is 2.87 bits per heavy atom. The van der Waals surface area contributed by atoms with E-state index in [2.05, 4.69) is 20.6 Å². The first-order chi connectivity index (χ1) is 14.8. The Balaban J connectivity index is 1.58. The third-order valence-corrected chi connectivity index (χ3v) is 6.25. The summed E-state index contributed by atoms with van der Waals surface area (Å²) in [5, 5.41) is 16.3. The van der Waals surface area contributed by atoms with Crippen LogP contribution in [0.4, 0.5) is 14.2 Å². The summed E-state index contributed by atoms with van der Waals surface area (Å²) in [6.07, 6.45) is 2.26. The second-order valence-corrected chi connectivity index (χ2v) is 8.71. The largest absolute Gasteiger partial charge is 0.465 e. The molecule has 0 aliphatic carbocycles. The van der Waals surface area contributed by atoms with Crippen molar-refractivity contribution in [2.45, 2.75) is 32.4 Å². The van der Waals surface area contributed by atoms with Crippen molar-refractivity contribution < 1.29 is 19.1 Å². The number of pyridine rings is 2. The number of halogens is 1. The van der Waals surface area contributed by atoms with E-state index in [4.69, 9.17) is 5.11 Å². The number of carboxylic acid groups (broad SMARTS) is 1. The molecule has 4 heterocycles. The standard InChI is InChI=1S/C21H22FN5O3S/c1-11-5-17-16(7-18(31-17)25-12(2)13-6-14(22)9-23-8-13)19(24-11)20(28)27-4-3-15(10-27)26-21(29)30/h5-9,12,15,25-26H,3-4,10H2,1-2H3,(H,29,30)/t12-,15+/m0/s1. The molecule has 1 aliphatic heterocycles. The predicted molar refractivity (Wildman–Crippen MR) is 116 cm³/mol. The molecule has 2 atom stereocenters. The van der Waals surface area contributed by atoms with E-state index in [1.165, 1.54) is 17.4 Å². The Morgan fingerprint density at radius 1 is 1.32 bits per heavy atom. The molecule has 1 saturated heterocycles. The minimum atomic E-state index is -1.09. The van der Waals surface area contributed by atoms with Crippen LogP contribution in [0.15, 0.2) is 30.6 Å². The lowest BCUT2D eigenvalue weighted by Gasteiger charge is -2.17. The van der Waals surface area contributed by atoms with Gasteiger partial charge in [0.1, 0.15) is 11.5 Å². The summed E-state index contributed by atoms with van der Waals surface area (Å²) in [6, 6.07) is 4.79. The SMILES string of the molecule is Cc1cc2sc(N[C@@H](C)c3cncc(F)c3)cc2c(C(=O)N2CC[C@@H](NC(=O)O)C2)n1. The van der Waals surface area contributed by atoms with Gasteiger partial charge in [0.15, 0.2) is 0 Å². The monoisotopic (exact) mass is 443 g/mol. The fourth-order valence-electron chi connectivity index (χ4n) is 3.74. The first-order valence-corrected chi connectivity index (χ1v) is 10.7. The summed E-state index contributed by atoms with van der Waals surface area (Å²) in [5.74, 6) is -0.605. The second-order valence-electron chi connectivity index (χ2n) is 7.62. The third-order valence-electron chi connectivity index (χ3n) is 5.23. The lowest BCUT2D eigenvalue weighted by molar-refractivity contribution is 0.0784. The van der Waals surface area contributed by atoms with Gasteiger partial charge in [0.25, 0.3) is 5.91 Å². The molecule has 8 nitrogen and oxygen atoms in total. The van der Waals surface area contributed by atoms with Gasteiger partial charge in [0, 0.05) is 35.1 Å². The summed E-state index contributed by atoms with van der Waals surface area (Å²) >= 11 is 1.50. The lowest BCUT2D eigenvalue weighted by atomic mass is 10.1. The number of anilines is 1. The zero-order valence-corrected chi connectivity index (χ0v) is 17.9. The van der Waals surface area contributed by atoms with Gasteiger partial charge in [0.2, 0.25) is 0 Å². The normalized spacial score (nSPS) is 17.0. The molecule has 2 amide bonds. The van der Waals surface area contributed by atoms with E-state index >= 15 is 0 Å². The maximum atomic E-state index is 13.5. The maximum absolute atomic E-state index is 13.5. The highest BCUT2D eigenvalue weighted by Gasteiger charge is 2.30. The first-order valence-electron chi connectivity index (χ1n) is 9.87. The van der Waals surface area contributed by atoms with Gasteiger partial charge in [-0.05, 0) is 44.0 Å². The van der Waals surface area contributed by atoms with E-state index in [0.717, 1.165) is 32.5 Å². The Bertz CT molecular complexity index is 1150. The van der Waals surface area contributed by atoms with Crippen molar-refractivity contribution in [3.05, 3.63) is 53.4 Å². The second kappa shape index (κ2) is 8.46. The van der Waals surface area contributed by atoms with Gasteiger partial charge in [0.05, 0.1) is 23.3 Å². The van der Waals surface area contributed by atoms with E-state index in [9.17, 15) is 14.0 Å². The summed E-state index contributed by atoms with van der Waals surface area (Å²) in [7, 11) is 0. The number of thiophene rings is 1. The molecule has 1 aliphatic rings. The van der Waals surface area contributed by atoms with Gasteiger partial charge in [-0.2, -0.15) is 0 Å². The number of aryl methyl sites for hydroxylation is 1. The molecule has 3 N–H and O–H groups in total. The van der Waals surface area contributed by atoms with E-state index < -0.39 is 11.9 Å². The van der Waals surface area contributed by atoms with Crippen molar-refractivity contribution in [2.75, 3.05) is 18.4 Å². The highest BCUT2D eigenvalue weighted by Crippen LogP contribution is 2.34. The molecule has 3 aromatic rings. The molecule has 0 bridgehead atoms. The van der Waals surface area contributed by atoms with Gasteiger partial charge in [-0.1, -0.05) is 0 Å². The maximum Gasteiger partial charge on any atom is 0.404 e. The molecule has 0 aromatic carbocycles. The number of hydrogen-bond donors (Lipinski definition) is 3. The number of nitrogens with zero attached hydrogens (tertiary/aromatic N) is 3. The number of carbonyl (C=O) groups is 2. The van der Waals surface area contributed by atoms with Gasteiger partial charge in [-0.15, -0.1) is 11.3 Å². The molecule has 31 heavy (non-hydrogen) atoms. The number of nitrogens with one attached hydrogen (secondary N) is 2. The first kappa shape index (κ1) is 21.0. The van der Waals surface area contributed by atoms with Gasteiger partial charge >= 0.3 is 6.09 Å². The van der Waals surface area contributed by atoms with Crippen LogP contribution in [0, 0.1) is 12.7 Å². The molecular weight excluding hydrogens is 421 g/mol. The smallest absolute Gasteiger partial charge is 0.404 e. The van der Waals surface area contributed by atoms with Crippen molar-refractivity contribution in [1.82, 2.24) is 20.2 Å². The minimum Gasteiger partial charge on any atom is -0.465 e. The fourth-order valence-corrected chi connectivity index (χ4v) is 4.88. The van der Waals surface area contributed by atoms with Gasteiger partial charge in [-0.3, -0.25) is 9.78 Å². The van der Waals surface area contributed by atoms with Crippen molar-refractivity contribution >= 4 is 38.4 Å². The van der Waals surface area contributed by atoms with E-state index in [1.807, 2.05) is 26.0 Å². The van der Waals surface area contributed by atoms with Gasteiger partial charge in [-0.25, -0.2) is 14.2 Å². The zero-order chi connectivity index (χ0) is 22.1.